The van der Waals surface area contributed by atoms with Crippen molar-refractivity contribution in [3.63, 3.8) is 0 Å². The predicted octanol–water partition coefficient (Wildman–Crippen LogP) is 4.36. The van der Waals surface area contributed by atoms with Gasteiger partial charge in [-0.1, -0.05) is 22.0 Å². The van der Waals surface area contributed by atoms with E-state index in [4.69, 9.17) is 5.73 Å². The van der Waals surface area contributed by atoms with Crippen molar-refractivity contribution < 1.29 is 9.18 Å². The third kappa shape index (κ3) is 3.42. The lowest BCUT2D eigenvalue weighted by atomic mass is 10.0. The van der Waals surface area contributed by atoms with Gasteiger partial charge in [0.2, 0.25) is 0 Å². The summed E-state index contributed by atoms with van der Waals surface area (Å²) in [4.78, 5) is 12.1. The Labute approximate surface area is 127 Å². The summed E-state index contributed by atoms with van der Waals surface area (Å²) in [7, 11) is 0. The second-order valence-electron chi connectivity index (χ2n) is 4.08. The maximum atomic E-state index is 13.1. The van der Waals surface area contributed by atoms with Crippen LogP contribution in [-0.2, 0) is 6.42 Å². The van der Waals surface area contributed by atoms with Gasteiger partial charge in [-0.15, -0.1) is 0 Å². The van der Waals surface area contributed by atoms with E-state index in [2.05, 4.69) is 31.9 Å². The normalized spacial score (nSPS) is 10.5. The van der Waals surface area contributed by atoms with Crippen LogP contribution in [-0.4, -0.2) is 5.78 Å². The van der Waals surface area contributed by atoms with Gasteiger partial charge in [-0.05, 0) is 51.8 Å². The lowest BCUT2D eigenvalue weighted by Crippen LogP contribution is -2.07. The quantitative estimate of drug-likeness (QED) is 0.629. The van der Waals surface area contributed by atoms with E-state index in [1.807, 2.05) is 0 Å². The smallest absolute Gasteiger partial charge is 0.169 e. The first kappa shape index (κ1) is 14.2. The molecule has 0 saturated heterocycles. The fourth-order valence-electron chi connectivity index (χ4n) is 1.72. The third-order valence-corrected chi connectivity index (χ3v) is 3.76. The molecule has 0 atom stereocenters. The molecular formula is C14H10Br2FNO. The molecule has 0 radical (unpaired) electrons. The van der Waals surface area contributed by atoms with E-state index in [-0.39, 0.29) is 18.0 Å². The van der Waals surface area contributed by atoms with E-state index in [0.717, 1.165) is 10.0 Å². The van der Waals surface area contributed by atoms with E-state index < -0.39 is 0 Å². The van der Waals surface area contributed by atoms with Gasteiger partial charge in [0, 0.05) is 22.1 Å². The van der Waals surface area contributed by atoms with E-state index in [1.165, 1.54) is 6.07 Å². The first-order chi connectivity index (χ1) is 8.97. The highest BCUT2D eigenvalue weighted by Crippen LogP contribution is 2.22. The molecule has 0 fully saturated rings. The van der Waals surface area contributed by atoms with Gasteiger partial charge in [0.1, 0.15) is 5.82 Å². The van der Waals surface area contributed by atoms with Crippen molar-refractivity contribution in [1.82, 2.24) is 0 Å². The number of halogens is 3. The molecule has 2 aromatic rings. The number of carbonyl (C=O) groups is 1. The van der Waals surface area contributed by atoms with E-state index >= 15 is 0 Å². The molecule has 19 heavy (non-hydrogen) atoms. The number of hydrogen-bond donors (Lipinski definition) is 1. The Morgan fingerprint density at radius 2 is 1.89 bits per heavy atom. The van der Waals surface area contributed by atoms with Crippen molar-refractivity contribution in [2.24, 2.45) is 0 Å². The van der Waals surface area contributed by atoms with E-state index in [9.17, 15) is 9.18 Å². The zero-order chi connectivity index (χ0) is 14.0. The Hall–Kier alpha value is -1.20. The summed E-state index contributed by atoms with van der Waals surface area (Å²) in [5.74, 6) is -0.442. The number of hydrogen-bond acceptors (Lipinski definition) is 2. The Morgan fingerprint density at radius 3 is 2.53 bits per heavy atom. The molecule has 2 nitrogen and oxygen atoms in total. The summed E-state index contributed by atoms with van der Waals surface area (Å²) >= 11 is 6.39. The van der Waals surface area contributed by atoms with Gasteiger partial charge in [0.05, 0.1) is 4.47 Å². The fourth-order valence-corrected chi connectivity index (χ4v) is 2.52. The first-order valence-corrected chi connectivity index (χ1v) is 7.08. The van der Waals surface area contributed by atoms with Crippen molar-refractivity contribution in [3.05, 3.63) is 62.3 Å². The molecule has 0 aliphatic heterocycles. The number of anilines is 1. The molecule has 0 bridgehead atoms. The number of Topliss-reactive ketones (excluding diaryl/α,β-unsaturated/α-hetero) is 1. The first-order valence-electron chi connectivity index (χ1n) is 5.49. The highest BCUT2D eigenvalue weighted by molar-refractivity contribution is 9.10. The maximum absolute atomic E-state index is 13.1. The summed E-state index contributed by atoms with van der Waals surface area (Å²) in [5.41, 5.74) is 7.45. The minimum absolute atomic E-state index is 0.0940. The molecule has 0 spiro atoms. The molecule has 98 valence electrons. The van der Waals surface area contributed by atoms with Crippen molar-refractivity contribution in [2.75, 3.05) is 5.73 Å². The van der Waals surface area contributed by atoms with Gasteiger partial charge >= 0.3 is 0 Å². The zero-order valence-corrected chi connectivity index (χ0v) is 13.0. The molecule has 0 saturated carbocycles. The number of rotatable bonds is 3. The minimum atomic E-state index is -0.348. The monoisotopic (exact) mass is 385 g/mol. The van der Waals surface area contributed by atoms with Crippen molar-refractivity contribution in [3.8, 4) is 0 Å². The molecule has 2 aromatic carbocycles. The van der Waals surface area contributed by atoms with E-state index in [0.29, 0.717) is 15.7 Å². The Bertz CT molecular complexity index is 643. The van der Waals surface area contributed by atoms with Crippen LogP contribution in [0.1, 0.15) is 15.9 Å². The second kappa shape index (κ2) is 5.84. The topological polar surface area (TPSA) is 43.1 Å². The van der Waals surface area contributed by atoms with Gasteiger partial charge < -0.3 is 5.73 Å². The average molecular weight is 387 g/mol. The molecule has 0 heterocycles. The molecular weight excluding hydrogens is 377 g/mol. The van der Waals surface area contributed by atoms with Crippen LogP contribution in [0.4, 0.5) is 10.1 Å². The van der Waals surface area contributed by atoms with Crippen molar-refractivity contribution in [2.45, 2.75) is 6.42 Å². The molecule has 5 heteroatoms. The van der Waals surface area contributed by atoms with Crippen LogP contribution >= 0.6 is 31.9 Å². The van der Waals surface area contributed by atoms with Gasteiger partial charge in [-0.2, -0.15) is 0 Å². The SMILES string of the molecule is Nc1cc(Br)ccc1C(=O)Cc1ccc(F)c(Br)c1. The third-order valence-electron chi connectivity index (χ3n) is 2.66. The number of nitrogens with two attached hydrogens (primary N) is 1. The Morgan fingerprint density at radius 1 is 1.16 bits per heavy atom. The fraction of sp³-hybridized carbons (Fsp3) is 0.0714. The number of benzene rings is 2. The average Bonchev–Trinajstić information content (AvgIpc) is 2.33. The summed E-state index contributed by atoms with van der Waals surface area (Å²) < 4.78 is 14.3. The summed E-state index contributed by atoms with van der Waals surface area (Å²) in [6.07, 6.45) is 0.185. The predicted molar refractivity (Wildman–Crippen MR) is 80.7 cm³/mol. The maximum Gasteiger partial charge on any atom is 0.169 e. The van der Waals surface area contributed by atoms with Crippen LogP contribution in [0.2, 0.25) is 0 Å². The second-order valence-corrected chi connectivity index (χ2v) is 5.85. The van der Waals surface area contributed by atoms with Gasteiger partial charge in [0.15, 0.2) is 5.78 Å². The van der Waals surface area contributed by atoms with E-state index in [1.54, 1.807) is 30.3 Å². The molecule has 0 aliphatic rings. The molecule has 0 aromatic heterocycles. The summed E-state index contributed by atoms with van der Waals surface area (Å²) in [6, 6.07) is 9.66. The number of ketones is 1. The van der Waals surface area contributed by atoms with Crippen molar-refractivity contribution in [1.29, 1.82) is 0 Å². The Balaban J connectivity index is 2.23. The molecule has 0 amide bonds. The lowest BCUT2D eigenvalue weighted by Gasteiger charge is -2.06. The highest BCUT2D eigenvalue weighted by atomic mass is 79.9. The molecule has 2 rings (SSSR count). The standard InChI is InChI=1S/C14H10Br2FNO/c15-9-2-3-10(13(18)7-9)14(19)6-8-1-4-12(17)11(16)5-8/h1-5,7H,6,18H2. The zero-order valence-electron chi connectivity index (χ0n) is 9.79. The number of nitrogen functional groups attached to an aromatic ring is 1. The van der Waals surface area contributed by atoms with Gasteiger partial charge in [-0.3, -0.25) is 4.79 Å². The lowest BCUT2D eigenvalue weighted by molar-refractivity contribution is 0.0994. The van der Waals surface area contributed by atoms with Gasteiger partial charge in [0.25, 0.3) is 0 Å². The largest absolute Gasteiger partial charge is 0.398 e. The van der Waals surface area contributed by atoms with Crippen LogP contribution in [0.3, 0.4) is 0 Å². The van der Waals surface area contributed by atoms with Crippen LogP contribution in [0.15, 0.2) is 45.3 Å². The minimum Gasteiger partial charge on any atom is -0.398 e. The number of carbonyl (C=O) groups excluding carboxylic acids is 1. The van der Waals surface area contributed by atoms with Crippen LogP contribution < -0.4 is 5.73 Å². The molecule has 0 aliphatic carbocycles. The van der Waals surface area contributed by atoms with Crippen molar-refractivity contribution >= 4 is 43.3 Å². The van der Waals surface area contributed by atoms with Crippen LogP contribution in [0, 0.1) is 5.82 Å². The Kier molecular flexibility index (Phi) is 4.37. The molecule has 2 N–H and O–H groups in total. The molecule has 0 unspecified atom stereocenters. The highest BCUT2D eigenvalue weighted by Gasteiger charge is 2.11. The van der Waals surface area contributed by atoms with Gasteiger partial charge in [-0.25, -0.2) is 4.39 Å². The summed E-state index contributed by atoms with van der Waals surface area (Å²) in [6.45, 7) is 0. The van der Waals surface area contributed by atoms with Crippen LogP contribution in [0.5, 0.6) is 0 Å². The summed E-state index contributed by atoms with van der Waals surface area (Å²) in [5, 5.41) is 0. The van der Waals surface area contributed by atoms with Crippen LogP contribution in [0.25, 0.3) is 0 Å².